The second kappa shape index (κ2) is 11.8. The molecule has 7 nitrogen and oxygen atoms in total. The minimum atomic E-state index is -3.85. The normalized spacial score (nSPS) is 15.2. The molecule has 0 aromatic heterocycles. The summed E-state index contributed by atoms with van der Waals surface area (Å²) >= 11 is 0. The molecule has 0 spiro atoms. The number of nitrogens with zero attached hydrogens (tertiary/aromatic N) is 2. The van der Waals surface area contributed by atoms with Gasteiger partial charge in [-0.05, 0) is 50.8 Å². The van der Waals surface area contributed by atoms with E-state index in [-0.39, 0.29) is 29.9 Å². The standard InChI is InChI=1S/C27H37N3O4S/c1-5-25(27(32)28-23-8-6-7-9-23)30(18-22-14-10-20(2)11-15-22)26(31)19-29(4)35(33,34)24-16-12-21(3)13-17-24/h10-17,23,25H,5-9,18-19H2,1-4H3,(H,28,32)/t25-/m0/s1. The number of amides is 2. The zero-order valence-corrected chi connectivity index (χ0v) is 22.0. The second-order valence-electron chi connectivity index (χ2n) is 9.50. The lowest BCUT2D eigenvalue weighted by molar-refractivity contribution is -0.141. The Bertz CT molecular complexity index is 1110. The topological polar surface area (TPSA) is 86.8 Å². The Labute approximate surface area is 209 Å². The molecule has 35 heavy (non-hydrogen) atoms. The number of likely N-dealkylation sites (N-methyl/N-ethyl adjacent to an activating group) is 1. The van der Waals surface area contributed by atoms with Crippen molar-refractivity contribution < 1.29 is 18.0 Å². The van der Waals surface area contributed by atoms with E-state index in [9.17, 15) is 18.0 Å². The monoisotopic (exact) mass is 499 g/mol. The van der Waals surface area contributed by atoms with Crippen molar-refractivity contribution in [2.45, 2.75) is 76.4 Å². The number of hydrogen-bond acceptors (Lipinski definition) is 4. The van der Waals surface area contributed by atoms with Crippen molar-refractivity contribution in [3.05, 3.63) is 65.2 Å². The maximum absolute atomic E-state index is 13.5. The highest BCUT2D eigenvalue weighted by molar-refractivity contribution is 7.89. The van der Waals surface area contributed by atoms with Crippen LogP contribution in [0.5, 0.6) is 0 Å². The highest BCUT2D eigenvalue weighted by atomic mass is 32.2. The Kier molecular flexibility index (Phi) is 9.08. The molecule has 0 unspecified atom stereocenters. The number of carbonyl (C=O) groups is 2. The Morgan fingerprint density at radius 3 is 2.06 bits per heavy atom. The first-order chi connectivity index (χ1) is 16.6. The quantitative estimate of drug-likeness (QED) is 0.539. The van der Waals surface area contributed by atoms with Crippen LogP contribution in [0.2, 0.25) is 0 Å². The van der Waals surface area contributed by atoms with Crippen LogP contribution in [-0.4, -0.2) is 55.1 Å². The third-order valence-electron chi connectivity index (χ3n) is 6.65. The molecule has 1 aliphatic carbocycles. The van der Waals surface area contributed by atoms with E-state index < -0.39 is 22.0 Å². The van der Waals surface area contributed by atoms with Gasteiger partial charge in [-0.15, -0.1) is 0 Å². The summed E-state index contributed by atoms with van der Waals surface area (Å²) in [6.07, 6.45) is 4.52. The van der Waals surface area contributed by atoms with E-state index in [1.54, 1.807) is 24.3 Å². The number of hydrogen-bond donors (Lipinski definition) is 1. The first kappa shape index (κ1) is 26.9. The number of carbonyl (C=O) groups excluding carboxylic acids is 2. The fraction of sp³-hybridized carbons (Fsp3) is 0.481. The average Bonchev–Trinajstić information content (AvgIpc) is 3.33. The highest BCUT2D eigenvalue weighted by Crippen LogP contribution is 2.20. The van der Waals surface area contributed by atoms with E-state index in [0.717, 1.165) is 46.7 Å². The van der Waals surface area contributed by atoms with Crippen LogP contribution in [0.3, 0.4) is 0 Å². The van der Waals surface area contributed by atoms with Gasteiger partial charge in [0.2, 0.25) is 21.8 Å². The molecule has 8 heteroatoms. The van der Waals surface area contributed by atoms with Crippen LogP contribution in [0.15, 0.2) is 53.4 Å². The fourth-order valence-corrected chi connectivity index (χ4v) is 5.55. The van der Waals surface area contributed by atoms with E-state index in [0.29, 0.717) is 6.42 Å². The van der Waals surface area contributed by atoms with Gasteiger partial charge < -0.3 is 10.2 Å². The molecule has 1 atom stereocenters. The van der Waals surface area contributed by atoms with Crippen molar-refractivity contribution in [1.29, 1.82) is 0 Å². The summed E-state index contributed by atoms with van der Waals surface area (Å²) in [6.45, 7) is 5.63. The largest absolute Gasteiger partial charge is 0.352 e. The maximum Gasteiger partial charge on any atom is 0.243 e. The summed E-state index contributed by atoms with van der Waals surface area (Å²) < 4.78 is 27.2. The molecule has 1 aliphatic rings. The molecule has 0 heterocycles. The minimum Gasteiger partial charge on any atom is -0.352 e. The Morgan fingerprint density at radius 2 is 1.51 bits per heavy atom. The summed E-state index contributed by atoms with van der Waals surface area (Å²) in [7, 11) is -2.45. The van der Waals surface area contributed by atoms with Crippen molar-refractivity contribution in [2.24, 2.45) is 0 Å². The van der Waals surface area contributed by atoms with E-state index >= 15 is 0 Å². The molecule has 0 saturated heterocycles. The molecule has 0 aliphatic heterocycles. The van der Waals surface area contributed by atoms with Gasteiger partial charge in [0.05, 0.1) is 11.4 Å². The molecule has 1 saturated carbocycles. The number of benzene rings is 2. The summed E-state index contributed by atoms with van der Waals surface area (Å²) in [4.78, 5) is 28.4. The second-order valence-corrected chi connectivity index (χ2v) is 11.5. The van der Waals surface area contributed by atoms with Crippen LogP contribution in [-0.2, 0) is 26.2 Å². The highest BCUT2D eigenvalue weighted by Gasteiger charge is 2.33. The van der Waals surface area contributed by atoms with Crippen LogP contribution >= 0.6 is 0 Å². The molecule has 2 aromatic carbocycles. The average molecular weight is 500 g/mol. The number of nitrogens with one attached hydrogen (secondary N) is 1. The maximum atomic E-state index is 13.5. The lowest BCUT2D eigenvalue weighted by Crippen LogP contribution is -2.53. The molecule has 190 valence electrons. The summed E-state index contributed by atoms with van der Waals surface area (Å²) in [5, 5.41) is 3.11. The number of sulfonamides is 1. The van der Waals surface area contributed by atoms with Crippen LogP contribution in [0.1, 0.15) is 55.7 Å². The van der Waals surface area contributed by atoms with Crippen LogP contribution < -0.4 is 5.32 Å². The lowest BCUT2D eigenvalue weighted by atomic mass is 10.1. The molecule has 0 radical (unpaired) electrons. The van der Waals surface area contributed by atoms with E-state index in [1.807, 2.05) is 45.0 Å². The Balaban J connectivity index is 1.83. The molecule has 2 aromatic rings. The summed E-state index contributed by atoms with van der Waals surface area (Å²) in [6, 6.07) is 13.8. The number of aryl methyl sites for hydroxylation is 2. The molecule has 1 N–H and O–H groups in total. The van der Waals surface area contributed by atoms with Gasteiger partial charge in [-0.25, -0.2) is 8.42 Å². The van der Waals surface area contributed by atoms with Crippen LogP contribution in [0.4, 0.5) is 0 Å². The van der Waals surface area contributed by atoms with Crippen molar-refractivity contribution in [1.82, 2.24) is 14.5 Å². The zero-order valence-electron chi connectivity index (χ0n) is 21.2. The third-order valence-corrected chi connectivity index (χ3v) is 8.47. The first-order valence-electron chi connectivity index (χ1n) is 12.3. The predicted octanol–water partition coefficient (Wildman–Crippen LogP) is 3.79. The number of rotatable bonds is 10. The smallest absolute Gasteiger partial charge is 0.243 e. The molecular formula is C27H37N3O4S. The van der Waals surface area contributed by atoms with Gasteiger partial charge in [-0.1, -0.05) is 67.3 Å². The molecular weight excluding hydrogens is 462 g/mol. The van der Waals surface area contributed by atoms with E-state index in [1.165, 1.54) is 11.9 Å². The minimum absolute atomic E-state index is 0.134. The van der Waals surface area contributed by atoms with Crippen molar-refractivity contribution >= 4 is 21.8 Å². The first-order valence-corrected chi connectivity index (χ1v) is 13.7. The lowest BCUT2D eigenvalue weighted by Gasteiger charge is -2.32. The van der Waals surface area contributed by atoms with Crippen LogP contribution in [0, 0.1) is 13.8 Å². The van der Waals surface area contributed by atoms with Crippen molar-refractivity contribution in [2.75, 3.05) is 13.6 Å². The Morgan fingerprint density at radius 1 is 0.971 bits per heavy atom. The van der Waals surface area contributed by atoms with Gasteiger partial charge in [0, 0.05) is 19.6 Å². The molecule has 1 fully saturated rings. The zero-order chi connectivity index (χ0) is 25.6. The molecule has 2 amide bonds. The molecule has 0 bridgehead atoms. The van der Waals surface area contributed by atoms with Crippen LogP contribution in [0.25, 0.3) is 0 Å². The van der Waals surface area contributed by atoms with Gasteiger partial charge in [-0.3, -0.25) is 9.59 Å². The predicted molar refractivity (Wildman–Crippen MR) is 137 cm³/mol. The van der Waals surface area contributed by atoms with Gasteiger partial charge in [0.15, 0.2) is 0 Å². The van der Waals surface area contributed by atoms with Gasteiger partial charge in [0.1, 0.15) is 6.04 Å². The summed E-state index contributed by atoms with van der Waals surface area (Å²) in [5.41, 5.74) is 2.94. The Hall–Kier alpha value is -2.71. The SMILES string of the molecule is CC[C@@H](C(=O)NC1CCCC1)N(Cc1ccc(C)cc1)C(=O)CN(C)S(=O)(=O)c1ccc(C)cc1. The van der Waals surface area contributed by atoms with Gasteiger partial charge >= 0.3 is 0 Å². The summed E-state index contributed by atoms with van der Waals surface area (Å²) in [5.74, 6) is -0.582. The fourth-order valence-electron chi connectivity index (χ4n) is 4.43. The van der Waals surface area contributed by atoms with Gasteiger partial charge in [-0.2, -0.15) is 4.31 Å². The van der Waals surface area contributed by atoms with Crippen molar-refractivity contribution in [3.63, 3.8) is 0 Å². The van der Waals surface area contributed by atoms with Crippen molar-refractivity contribution in [3.8, 4) is 0 Å². The molecule has 3 rings (SSSR count). The van der Waals surface area contributed by atoms with E-state index in [2.05, 4.69) is 5.32 Å². The third kappa shape index (κ3) is 6.92. The van der Waals surface area contributed by atoms with Gasteiger partial charge in [0.25, 0.3) is 0 Å². The van der Waals surface area contributed by atoms with E-state index in [4.69, 9.17) is 0 Å².